The molecule has 1 amide bonds. The minimum absolute atomic E-state index is 0.0172. The smallest absolute Gasteiger partial charge is 0.254 e. The summed E-state index contributed by atoms with van der Waals surface area (Å²) >= 11 is 9.37. The van der Waals surface area contributed by atoms with Crippen molar-refractivity contribution in [1.29, 1.82) is 0 Å². The van der Waals surface area contributed by atoms with E-state index in [1.165, 1.54) is 0 Å². The molecule has 1 aromatic rings. The van der Waals surface area contributed by atoms with Crippen molar-refractivity contribution in [2.45, 2.75) is 25.0 Å². The summed E-state index contributed by atoms with van der Waals surface area (Å²) in [5.41, 5.74) is 6.39. The van der Waals surface area contributed by atoms with Crippen molar-refractivity contribution in [2.75, 3.05) is 20.2 Å². The van der Waals surface area contributed by atoms with E-state index in [1.54, 1.807) is 25.3 Å². The molecular weight excluding hydrogens is 344 g/mol. The number of amides is 1. The minimum Gasteiger partial charge on any atom is -0.381 e. The van der Waals surface area contributed by atoms with Crippen molar-refractivity contribution in [3.8, 4) is 0 Å². The predicted octanol–water partition coefficient (Wildman–Crippen LogP) is 2.68. The molecule has 4 nitrogen and oxygen atoms in total. The lowest BCUT2D eigenvalue weighted by Crippen LogP contribution is -2.51. The summed E-state index contributed by atoms with van der Waals surface area (Å²) in [7, 11) is 1.70. The Morgan fingerprint density at radius 2 is 2.35 bits per heavy atom. The van der Waals surface area contributed by atoms with Crippen LogP contribution in [0.25, 0.3) is 0 Å². The molecule has 0 radical (unpaired) electrons. The maximum Gasteiger partial charge on any atom is 0.254 e. The third kappa shape index (κ3) is 3.34. The van der Waals surface area contributed by atoms with Crippen molar-refractivity contribution in [1.82, 2.24) is 4.90 Å². The molecule has 1 fully saturated rings. The van der Waals surface area contributed by atoms with E-state index < -0.39 is 0 Å². The van der Waals surface area contributed by atoms with Gasteiger partial charge in [0.2, 0.25) is 0 Å². The van der Waals surface area contributed by atoms with Gasteiger partial charge in [0.25, 0.3) is 5.91 Å². The maximum absolute atomic E-state index is 12.6. The molecule has 1 heterocycles. The molecule has 1 aromatic carbocycles. The lowest BCUT2D eigenvalue weighted by Gasteiger charge is -2.38. The second-order valence-electron chi connectivity index (χ2n) is 4.90. The predicted molar refractivity (Wildman–Crippen MR) is 83.1 cm³/mol. The SMILES string of the molecule is COC1CCN(C(=O)c2ccc(Br)c(Cl)c2)C(CN)C1. The van der Waals surface area contributed by atoms with E-state index in [1.807, 2.05) is 4.90 Å². The van der Waals surface area contributed by atoms with Crippen LogP contribution in [-0.4, -0.2) is 43.2 Å². The fourth-order valence-electron chi connectivity index (χ4n) is 2.51. The van der Waals surface area contributed by atoms with Crippen LogP contribution >= 0.6 is 27.5 Å². The van der Waals surface area contributed by atoms with Crippen molar-refractivity contribution in [3.05, 3.63) is 33.3 Å². The molecule has 1 aliphatic heterocycles. The van der Waals surface area contributed by atoms with Gasteiger partial charge in [0.05, 0.1) is 11.1 Å². The van der Waals surface area contributed by atoms with E-state index in [0.29, 0.717) is 23.7 Å². The molecule has 0 aromatic heterocycles. The Morgan fingerprint density at radius 3 is 2.95 bits per heavy atom. The lowest BCUT2D eigenvalue weighted by atomic mass is 9.98. The Hall–Kier alpha value is -0.620. The summed E-state index contributed by atoms with van der Waals surface area (Å²) < 4.78 is 6.15. The van der Waals surface area contributed by atoms with E-state index in [2.05, 4.69) is 15.9 Å². The van der Waals surface area contributed by atoms with Crippen molar-refractivity contribution in [2.24, 2.45) is 5.73 Å². The fraction of sp³-hybridized carbons (Fsp3) is 0.500. The highest BCUT2D eigenvalue weighted by Crippen LogP contribution is 2.26. The zero-order chi connectivity index (χ0) is 14.7. The Balaban J connectivity index is 2.17. The first-order chi connectivity index (χ1) is 9.56. The number of nitrogens with zero attached hydrogens (tertiary/aromatic N) is 1. The topological polar surface area (TPSA) is 55.6 Å². The fourth-order valence-corrected chi connectivity index (χ4v) is 2.94. The number of carbonyl (C=O) groups is 1. The van der Waals surface area contributed by atoms with Gasteiger partial charge in [0.1, 0.15) is 0 Å². The van der Waals surface area contributed by atoms with Crippen LogP contribution < -0.4 is 5.73 Å². The second kappa shape index (κ2) is 6.89. The normalized spacial score (nSPS) is 22.9. The molecule has 0 saturated carbocycles. The number of ether oxygens (including phenoxy) is 1. The first kappa shape index (κ1) is 15.8. The Kier molecular flexibility index (Phi) is 5.43. The first-order valence-electron chi connectivity index (χ1n) is 6.55. The van der Waals surface area contributed by atoms with Crippen LogP contribution in [0.15, 0.2) is 22.7 Å². The monoisotopic (exact) mass is 360 g/mol. The van der Waals surface area contributed by atoms with Gasteiger partial charge < -0.3 is 15.4 Å². The van der Waals surface area contributed by atoms with E-state index in [9.17, 15) is 4.79 Å². The summed E-state index contributed by atoms with van der Waals surface area (Å²) in [4.78, 5) is 14.4. The summed E-state index contributed by atoms with van der Waals surface area (Å²) in [5, 5.41) is 0.534. The number of methoxy groups -OCH3 is 1. The van der Waals surface area contributed by atoms with Crippen LogP contribution in [0.4, 0.5) is 0 Å². The molecule has 110 valence electrons. The highest BCUT2D eigenvalue weighted by atomic mass is 79.9. The van der Waals surface area contributed by atoms with Crippen molar-refractivity contribution >= 4 is 33.4 Å². The average Bonchev–Trinajstić information content (AvgIpc) is 2.48. The van der Waals surface area contributed by atoms with E-state index in [-0.39, 0.29) is 18.1 Å². The van der Waals surface area contributed by atoms with Gasteiger partial charge in [-0.2, -0.15) is 0 Å². The van der Waals surface area contributed by atoms with Gasteiger partial charge in [-0.1, -0.05) is 11.6 Å². The Labute approximate surface area is 132 Å². The Morgan fingerprint density at radius 1 is 1.60 bits per heavy atom. The molecule has 0 spiro atoms. The molecule has 1 aliphatic rings. The first-order valence-corrected chi connectivity index (χ1v) is 7.72. The zero-order valence-corrected chi connectivity index (χ0v) is 13.7. The lowest BCUT2D eigenvalue weighted by molar-refractivity contribution is 0.0139. The average molecular weight is 362 g/mol. The number of nitrogens with two attached hydrogens (primary N) is 1. The van der Waals surface area contributed by atoms with Gasteiger partial charge in [0, 0.05) is 36.3 Å². The van der Waals surface area contributed by atoms with E-state index in [4.69, 9.17) is 22.1 Å². The summed E-state index contributed by atoms with van der Waals surface area (Å²) in [6, 6.07) is 5.26. The van der Waals surface area contributed by atoms with Gasteiger partial charge in [-0.3, -0.25) is 4.79 Å². The second-order valence-corrected chi connectivity index (χ2v) is 6.16. The van der Waals surface area contributed by atoms with Crippen LogP contribution in [-0.2, 0) is 4.74 Å². The number of rotatable bonds is 3. The van der Waals surface area contributed by atoms with Gasteiger partial charge in [-0.25, -0.2) is 0 Å². The quantitative estimate of drug-likeness (QED) is 0.900. The number of hydrogen-bond acceptors (Lipinski definition) is 3. The molecule has 2 rings (SSSR count). The van der Waals surface area contributed by atoms with Crippen LogP contribution in [0.3, 0.4) is 0 Å². The van der Waals surface area contributed by atoms with Crippen LogP contribution in [0.2, 0.25) is 5.02 Å². The van der Waals surface area contributed by atoms with Crippen LogP contribution in [0, 0.1) is 0 Å². The molecule has 6 heteroatoms. The third-order valence-electron chi connectivity index (χ3n) is 3.70. The summed E-state index contributed by atoms with van der Waals surface area (Å²) in [6.45, 7) is 1.10. The maximum atomic E-state index is 12.6. The molecule has 0 aliphatic carbocycles. The van der Waals surface area contributed by atoms with E-state index in [0.717, 1.165) is 17.3 Å². The van der Waals surface area contributed by atoms with Crippen molar-refractivity contribution in [3.63, 3.8) is 0 Å². The third-order valence-corrected chi connectivity index (χ3v) is 4.93. The van der Waals surface area contributed by atoms with Gasteiger partial charge in [-0.05, 0) is 47.0 Å². The summed E-state index contributed by atoms with van der Waals surface area (Å²) in [6.07, 6.45) is 1.80. The molecule has 2 unspecified atom stereocenters. The van der Waals surface area contributed by atoms with Gasteiger partial charge in [-0.15, -0.1) is 0 Å². The minimum atomic E-state index is -0.0237. The van der Waals surface area contributed by atoms with Gasteiger partial charge >= 0.3 is 0 Å². The number of carbonyl (C=O) groups excluding carboxylic acids is 1. The highest BCUT2D eigenvalue weighted by molar-refractivity contribution is 9.10. The number of likely N-dealkylation sites (tertiary alicyclic amines) is 1. The number of halogens is 2. The van der Waals surface area contributed by atoms with Gasteiger partial charge in [0.15, 0.2) is 0 Å². The van der Waals surface area contributed by atoms with Crippen molar-refractivity contribution < 1.29 is 9.53 Å². The van der Waals surface area contributed by atoms with E-state index >= 15 is 0 Å². The molecule has 20 heavy (non-hydrogen) atoms. The van der Waals surface area contributed by atoms with Crippen LogP contribution in [0.5, 0.6) is 0 Å². The molecular formula is C14H18BrClN2O2. The van der Waals surface area contributed by atoms with Crippen LogP contribution in [0.1, 0.15) is 23.2 Å². The molecule has 0 bridgehead atoms. The molecule has 2 N–H and O–H groups in total. The standard InChI is InChI=1S/C14H18BrClN2O2/c1-20-11-4-5-18(10(7-11)8-17)14(19)9-2-3-12(15)13(16)6-9/h2-3,6,10-11H,4-5,7-8,17H2,1H3. The molecule has 2 atom stereocenters. The number of benzene rings is 1. The highest BCUT2D eigenvalue weighted by Gasteiger charge is 2.31. The molecule has 1 saturated heterocycles. The number of piperidine rings is 1. The summed E-state index contributed by atoms with van der Waals surface area (Å²) in [5.74, 6) is -0.0237. The largest absolute Gasteiger partial charge is 0.381 e. The zero-order valence-electron chi connectivity index (χ0n) is 11.3. The number of hydrogen-bond donors (Lipinski definition) is 1. The Bertz CT molecular complexity index is 498.